The lowest BCUT2D eigenvalue weighted by Gasteiger charge is -2.04. The molecule has 0 spiro atoms. The number of nitrogens with zero attached hydrogens (tertiary/aromatic N) is 1. The van der Waals surface area contributed by atoms with Gasteiger partial charge in [-0.05, 0) is 11.1 Å². The summed E-state index contributed by atoms with van der Waals surface area (Å²) in [6, 6.07) is 21.5. The average Bonchev–Trinajstić information content (AvgIpc) is 3.14. The smallest absolute Gasteiger partial charge is 0.0605 e. The first kappa shape index (κ1) is 11.5. The van der Waals surface area contributed by atoms with E-state index in [-0.39, 0.29) is 12.6 Å². The van der Waals surface area contributed by atoms with Crippen molar-refractivity contribution in [2.24, 2.45) is 0 Å². The molecule has 1 aliphatic heterocycles. The van der Waals surface area contributed by atoms with E-state index in [1.165, 1.54) is 11.1 Å². The van der Waals surface area contributed by atoms with E-state index >= 15 is 0 Å². The summed E-state index contributed by atoms with van der Waals surface area (Å²) in [5.74, 6) is 0. The highest BCUT2D eigenvalue weighted by molar-refractivity contribution is 5.28. The lowest BCUT2D eigenvalue weighted by atomic mass is 10.1. The molecule has 0 aromatic heterocycles. The van der Waals surface area contributed by atoms with E-state index < -0.39 is 0 Å². The van der Waals surface area contributed by atoms with Crippen molar-refractivity contribution in [1.82, 2.24) is 4.90 Å². The van der Waals surface area contributed by atoms with Crippen LogP contribution in [0.25, 0.3) is 0 Å². The first-order valence-electron chi connectivity index (χ1n) is 6.35. The fourth-order valence-electron chi connectivity index (χ4n) is 2.61. The highest BCUT2D eigenvalue weighted by atomic mass is 16.3. The lowest BCUT2D eigenvalue weighted by molar-refractivity contribution is 0.272. The van der Waals surface area contributed by atoms with Gasteiger partial charge in [-0.3, -0.25) is 4.90 Å². The Morgan fingerprint density at radius 1 is 0.889 bits per heavy atom. The molecular formula is C16H17NO. The van der Waals surface area contributed by atoms with E-state index in [0.717, 1.165) is 6.54 Å². The molecule has 18 heavy (non-hydrogen) atoms. The van der Waals surface area contributed by atoms with Gasteiger partial charge in [0.2, 0.25) is 0 Å². The van der Waals surface area contributed by atoms with Gasteiger partial charge in [0.25, 0.3) is 0 Å². The van der Waals surface area contributed by atoms with Gasteiger partial charge >= 0.3 is 0 Å². The summed E-state index contributed by atoms with van der Waals surface area (Å²) in [7, 11) is 0. The summed E-state index contributed by atoms with van der Waals surface area (Å²) in [5, 5.41) is 9.44. The zero-order valence-corrected chi connectivity index (χ0v) is 10.2. The molecule has 0 amide bonds. The fraction of sp³-hybridized carbons (Fsp3) is 0.250. The van der Waals surface area contributed by atoms with Gasteiger partial charge in [0.05, 0.1) is 18.7 Å². The molecule has 1 aliphatic rings. The van der Waals surface area contributed by atoms with Crippen LogP contribution in [0, 0.1) is 0 Å². The summed E-state index contributed by atoms with van der Waals surface area (Å²) in [6.45, 7) is 1.14. The Labute approximate surface area is 107 Å². The second kappa shape index (κ2) is 4.92. The van der Waals surface area contributed by atoms with Crippen LogP contribution in [0.3, 0.4) is 0 Å². The summed E-state index contributed by atoms with van der Waals surface area (Å²) < 4.78 is 0. The molecule has 1 N–H and O–H groups in total. The Balaban J connectivity index is 1.74. The topological polar surface area (TPSA) is 23.2 Å². The van der Waals surface area contributed by atoms with Crippen molar-refractivity contribution >= 4 is 0 Å². The third kappa shape index (κ3) is 2.17. The Morgan fingerprint density at radius 2 is 1.50 bits per heavy atom. The van der Waals surface area contributed by atoms with Crippen LogP contribution in [0.15, 0.2) is 60.7 Å². The molecule has 2 aromatic rings. The first-order chi connectivity index (χ1) is 8.90. The van der Waals surface area contributed by atoms with Crippen molar-refractivity contribution in [1.29, 1.82) is 0 Å². The van der Waals surface area contributed by atoms with Gasteiger partial charge in [-0.15, -0.1) is 0 Å². The minimum Gasteiger partial charge on any atom is -0.395 e. The number of aliphatic hydroxyl groups excluding tert-OH is 1. The SMILES string of the molecule is OC[C@H]1[C@H](c2ccccc2)N1Cc1ccccc1. The molecule has 0 saturated carbocycles. The summed E-state index contributed by atoms with van der Waals surface area (Å²) in [5.41, 5.74) is 2.60. The average molecular weight is 239 g/mol. The van der Waals surface area contributed by atoms with E-state index in [2.05, 4.69) is 53.4 Å². The van der Waals surface area contributed by atoms with Crippen molar-refractivity contribution in [2.75, 3.05) is 6.61 Å². The zero-order chi connectivity index (χ0) is 12.4. The Bertz CT molecular complexity index is 497. The second-order valence-electron chi connectivity index (χ2n) is 4.76. The van der Waals surface area contributed by atoms with Gasteiger partial charge in [-0.2, -0.15) is 0 Å². The number of benzene rings is 2. The molecule has 92 valence electrons. The minimum absolute atomic E-state index is 0.229. The van der Waals surface area contributed by atoms with Crippen molar-refractivity contribution in [2.45, 2.75) is 18.6 Å². The maximum atomic E-state index is 9.44. The standard InChI is InChI=1S/C16H17NO/c18-12-15-16(14-9-5-2-6-10-14)17(15)11-13-7-3-1-4-8-13/h1-10,15-16,18H,11-12H2/t15-,16-,17?/m0/s1. The Morgan fingerprint density at radius 3 is 2.11 bits per heavy atom. The van der Waals surface area contributed by atoms with E-state index in [1.54, 1.807) is 0 Å². The van der Waals surface area contributed by atoms with E-state index in [0.29, 0.717) is 6.04 Å². The summed E-state index contributed by atoms with van der Waals surface area (Å²) in [6.07, 6.45) is 0. The van der Waals surface area contributed by atoms with Gasteiger partial charge in [-0.25, -0.2) is 0 Å². The third-order valence-corrected chi connectivity index (χ3v) is 3.59. The van der Waals surface area contributed by atoms with Crippen LogP contribution in [-0.2, 0) is 6.54 Å². The van der Waals surface area contributed by atoms with Gasteiger partial charge in [0, 0.05) is 6.54 Å². The van der Waals surface area contributed by atoms with Gasteiger partial charge in [0.15, 0.2) is 0 Å². The largest absolute Gasteiger partial charge is 0.395 e. The van der Waals surface area contributed by atoms with Crippen molar-refractivity contribution in [3.63, 3.8) is 0 Å². The van der Waals surface area contributed by atoms with Crippen LogP contribution >= 0.6 is 0 Å². The van der Waals surface area contributed by atoms with E-state index in [9.17, 15) is 5.11 Å². The minimum atomic E-state index is 0.229. The number of rotatable bonds is 4. The zero-order valence-electron chi connectivity index (χ0n) is 10.2. The highest BCUT2D eigenvalue weighted by Crippen LogP contribution is 2.43. The van der Waals surface area contributed by atoms with Crippen LogP contribution in [-0.4, -0.2) is 22.7 Å². The van der Waals surface area contributed by atoms with Crippen LogP contribution in [0.4, 0.5) is 0 Å². The molecule has 2 nitrogen and oxygen atoms in total. The maximum Gasteiger partial charge on any atom is 0.0605 e. The monoisotopic (exact) mass is 239 g/mol. The molecule has 2 aromatic carbocycles. The van der Waals surface area contributed by atoms with Crippen LogP contribution in [0.1, 0.15) is 17.2 Å². The Hall–Kier alpha value is -1.64. The molecule has 0 radical (unpaired) electrons. The highest BCUT2D eigenvalue weighted by Gasteiger charge is 2.47. The lowest BCUT2D eigenvalue weighted by Crippen LogP contribution is -2.04. The number of hydrogen-bond acceptors (Lipinski definition) is 2. The molecule has 1 unspecified atom stereocenters. The number of hydrogen-bond donors (Lipinski definition) is 1. The molecule has 3 rings (SSSR count). The summed E-state index contributed by atoms with van der Waals surface area (Å²) in [4.78, 5) is 2.34. The third-order valence-electron chi connectivity index (χ3n) is 3.59. The van der Waals surface area contributed by atoms with Gasteiger partial charge in [-0.1, -0.05) is 60.7 Å². The van der Waals surface area contributed by atoms with Crippen LogP contribution in [0.5, 0.6) is 0 Å². The molecule has 3 atom stereocenters. The summed E-state index contributed by atoms with van der Waals surface area (Å²) >= 11 is 0. The molecule has 0 bridgehead atoms. The van der Waals surface area contributed by atoms with Crippen molar-refractivity contribution in [3.8, 4) is 0 Å². The van der Waals surface area contributed by atoms with Crippen LogP contribution in [0.2, 0.25) is 0 Å². The molecule has 0 aliphatic carbocycles. The van der Waals surface area contributed by atoms with E-state index in [1.807, 2.05) is 12.1 Å². The Kier molecular flexibility index (Phi) is 3.13. The van der Waals surface area contributed by atoms with Crippen LogP contribution < -0.4 is 0 Å². The predicted octanol–water partition coefficient (Wildman–Crippen LogP) is 2.60. The van der Waals surface area contributed by atoms with Gasteiger partial charge in [0.1, 0.15) is 0 Å². The second-order valence-corrected chi connectivity index (χ2v) is 4.76. The normalized spacial score (nSPS) is 25.9. The predicted molar refractivity (Wildman–Crippen MR) is 72.0 cm³/mol. The van der Waals surface area contributed by atoms with Gasteiger partial charge < -0.3 is 5.11 Å². The quantitative estimate of drug-likeness (QED) is 0.829. The fourth-order valence-corrected chi connectivity index (χ4v) is 2.61. The molecule has 2 heteroatoms. The van der Waals surface area contributed by atoms with Crippen molar-refractivity contribution < 1.29 is 5.11 Å². The maximum absolute atomic E-state index is 9.44. The number of aliphatic hydroxyl groups is 1. The van der Waals surface area contributed by atoms with Crippen molar-refractivity contribution in [3.05, 3.63) is 71.8 Å². The molecular weight excluding hydrogens is 222 g/mol. The molecule has 1 fully saturated rings. The molecule has 1 heterocycles. The first-order valence-corrected chi connectivity index (χ1v) is 6.35. The molecule has 1 saturated heterocycles. The van der Waals surface area contributed by atoms with E-state index in [4.69, 9.17) is 0 Å².